The number of nitrogens with one attached hydrogen (secondary N) is 2. The second kappa shape index (κ2) is 7.84. The van der Waals surface area contributed by atoms with Gasteiger partial charge in [-0.15, -0.1) is 0 Å². The first kappa shape index (κ1) is 17.7. The summed E-state index contributed by atoms with van der Waals surface area (Å²) >= 11 is 0. The van der Waals surface area contributed by atoms with Crippen LogP contribution in [0.4, 0.5) is 5.69 Å². The Labute approximate surface area is 147 Å². The summed E-state index contributed by atoms with van der Waals surface area (Å²) in [6, 6.07) is 5.56. The Morgan fingerprint density at radius 2 is 2.40 bits per heavy atom. The molecule has 2 aromatic rings. The van der Waals surface area contributed by atoms with Gasteiger partial charge in [0.15, 0.2) is 0 Å². The van der Waals surface area contributed by atoms with Gasteiger partial charge in [0, 0.05) is 18.8 Å². The van der Waals surface area contributed by atoms with E-state index in [0.29, 0.717) is 12.2 Å². The van der Waals surface area contributed by atoms with Crippen LogP contribution in [0.3, 0.4) is 0 Å². The number of hydrogen-bond acceptors (Lipinski definition) is 5. The van der Waals surface area contributed by atoms with E-state index in [1.54, 1.807) is 0 Å². The highest BCUT2D eigenvalue weighted by atomic mass is 16.5. The molecular formula is C18H27N5O2. The first-order chi connectivity index (χ1) is 12.1. The monoisotopic (exact) mass is 345 g/mol. The van der Waals surface area contributed by atoms with Crippen LogP contribution in [0.2, 0.25) is 0 Å². The molecule has 1 fully saturated rings. The largest absolute Gasteiger partial charge is 0.399 e. The number of nitrogens with zero attached hydrogens (tertiary/aromatic N) is 2. The molecule has 0 radical (unpaired) electrons. The Bertz CT molecular complexity index is 729. The van der Waals surface area contributed by atoms with E-state index < -0.39 is 0 Å². The lowest BCUT2D eigenvalue weighted by atomic mass is 10.00. The molecule has 1 amide bonds. The number of hydroxylamine groups is 1. The maximum atomic E-state index is 13.0. The average molecular weight is 345 g/mol. The van der Waals surface area contributed by atoms with Crippen molar-refractivity contribution < 1.29 is 10.0 Å². The Morgan fingerprint density at radius 1 is 1.56 bits per heavy atom. The summed E-state index contributed by atoms with van der Waals surface area (Å²) in [6.45, 7) is 3.13. The quantitative estimate of drug-likeness (QED) is 0.456. The molecule has 1 saturated heterocycles. The number of nitrogens with two attached hydrogens (primary N) is 1. The summed E-state index contributed by atoms with van der Waals surface area (Å²) in [6.07, 6.45) is 4.64. The van der Waals surface area contributed by atoms with E-state index in [2.05, 4.69) is 22.4 Å². The lowest BCUT2D eigenvalue weighted by Gasteiger charge is -2.27. The number of amides is 1. The van der Waals surface area contributed by atoms with Crippen LogP contribution >= 0.6 is 0 Å². The number of anilines is 1. The van der Waals surface area contributed by atoms with E-state index in [1.807, 2.05) is 23.1 Å². The van der Waals surface area contributed by atoms with Crippen LogP contribution in [0.1, 0.15) is 50.9 Å². The van der Waals surface area contributed by atoms with Gasteiger partial charge in [-0.2, -0.15) is 0 Å². The maximum absolute atomic E-state index is 13.0. The minimum absolute atomic E-state index is 0.0380. The SMILES string of the molecule is CCCC[C@H](CNO)C(=O)N1CCC[C@H]1c1nc2ccc(N)cc2[nH]1. The summed E-state index contributed by atoms with van der Waals surface area (Å²) in [7, 11) is 0. The zero-order chi connectivity index (χ0) is 17.8. The van der Waals surface area contributed by atoms with Crippen molar-refractivity contribution in [3.05, 3.63) is 24.0 Å². The van der Waals surface area contributed by atoms with Gasteiger partial charge in [0.25, 0.3) is 0 Å². The molecule has 1 aliphatic heterocycles. The number of aromatic nitrogens is 2. The highest BCUT2D eigenvalue weighted by Gasteiger charge is 2.35. The number of hydrogen-bond donors (Lipinski definition) is 4. The molecule has 5 N–H and O–H groups in total. The van der Waals surface area contributed by atoms with Gasteiger partial charge in [0.05, 0.1) is 23.0 Å². The second-order valence-corrected chi connectivity index (χ2v) is 6.79. The third-order valence-electron chi connectivity index (χ3n) is 4.97. The molecule has 0 aliphatic carbocycles. The minimum atomic E-state index is -0.203. The summed E-state index contributed by atoms with van der Waals surface area (Å²) in [5.74, 6) is 0.709. The lowest BCUT2D eigenvalue weighted by molar-refractivity contribution is -0.137. The van der Waals surface area contributed by atoms with Crippen LogP contribution < -0.4 is 11.2 Å². The molecule has 2 heterocycles. The Hall–Kier alpha value is -2.12. The Balaban J connectivity index is 1.81. The third kappa shape index (κ3) is 3.77. The predicted octanol–water partition coefficient (Wildman–Crippen LogP) is 2.59. The number of carbonyl (C=O) groups excluding carboxylic acids is 1. The molecule has 1 aromatic heterocycles. The highest BCUT2D eigenvalue weighted by molar-refractivity contribution is 5.81. The van der Waals surface area contributed by atoms with Crippen LogP contribution in [0.25, 0.3) is 11.0 Å². The van der Waals surface area contributed by atoms with Crippen LogP contribution in [0.15, 0.2) is 18.2 Å². The summed E-state index contributed by atoms with van der Waals surface area (Å²) in [4.78, 5) is 22.9. The van der Waals surface area contributed by atoms with Gasteiger partial charge in [0.1, 0.15) is 5.82 Å². The number of carbonyl (C=O) groups is 1. The molecule has 7 nitrogen and oxygen atoms in total. The summed E-state index contributed by atoms with van der Waals surface area (Å²) in [5, 5.41) is 9.08. The normalized spacial score (nSPS) is 18.8. The van der Waals surface area contributed by atoms with Crippen LogP contribution in [-0.4, -0.2) is 39.1 Å². The van der Waals surface area contributed by atoms with E-state index >= 15 is 0 Å². The number of benzene rings is 1. The van der Waals surface area contributed by atoms with Gasteiger partial charge in [-0.25, -0.2) is 10.5 Å². The highest BCUT2D eigenvalue weighted by Crippen LogP contribution is 2.33. The molecule has 0 bridgehead atoms. The maximum Gasteiger partial charge on any atom is 0.227 e. The summed E-state index contributed by atoms with van der Waals surface area (Å²) < 4.78 is 0. The van der Waals surface area contributed by atoms with Gasteiger partial charge in [-0.05, 0) is 37.5 Å². The summed E-state index contributed by atoms with van der Waals surface area (Å²) in [5.41, 5.74) is 10.5. The molecule has 25 heavy (non-hydrogen) atoms. The standard InChI is InChI=1S/C18H27N5O2/c1-2-3-5-12(11-20-25)18(24)23-9-4-6-16(23)17-21-14-8-7-13(19)10-15(14)22-17/h7-8,10,12,16,20,25H,2-6,9,11,19H2,1H3,(H,21,22)/t12-,16+/m1/s1. The molecule has 3 rings (SSSR count). The van der Waals surface area contributed by atoms with Crippen molar-refractivity contribution in [2.24, 2.45) is 5.92 Å². The van der Waals surface area contributed by atoms with Crippen molar-refractivity contribution in [3.63, 3.8) is 0 Å². The topological polar surface area (TPSA) is 107 Å². The predicted molar refractivity (Wildman–Crippen MR) is 97.0 cm³/mol. The van der Waals surface area contributed by atoms with E-state index in [1.165, 1.54) is 0 Å². The second-order valence-electron chi connectivity index (χ2n) is 6.79. The molecule has 2 atom stereocenters. The van der Waals surface area contributed by atoms with E-state index in [4.69, 9.17) is 10.9 Å². The number of imidazole rings is 1. The molecule has 1 aromatic carbocycles. The third-order valence-corrected chi connectivity index (χ3v) is 4.97. The van der Waals surface area contributed by atoms with Gasteiger partial charge < -0.3 is 20.8 Å². The number of likely N-dealkylation sites (tertiary alicyclic amines) is 1. The lowest BCUT2D eigenvalue weighted by Crippen LogP contribution is -2.39. The van der Waals surface area contributed by atoms with E-state index in [-0.39, 0.29) is 17.9 Å². The van der Waals surface area contributed by atoms with Crippen LogP contribution in [0, 0.1) is 5.92 Å². The average Bonchev–Trinajstić information content (AvgIpc) is 3.23. The fourth-order valence-corrected chi connectivity index (χ4v) is 3.63. The fourth-order valence-electron chi connectivity index (χ4n) is 3.63. The number of nitrogen functional groups attached to an aromatic ring is 1. The van der Waals surface area contributed by atoms with Crippen molar-refractivity contribution in [1.82, 2.24) is 20.3 Å². The number of fused-ring (bicyclic) bond motifs is 1. The van der Waals surface area contributed by atoms with Crippen molar-refractivity contribution >= 4 is 22.6 Å². The Morgan fingerprint density at radius 3 is 3.16 bits per heavy atom. The first-order valence-corrected chi connectivity index (χ1v) is 9.06. The first-order valence-electron chi connectivity index (χ1n) is 9.06. The number of H-pyrrole nitrogens is 1. The zero-order valence-electron chi connectivity index (χ0n) is 14.7. The van der Waals surface area contributed by atoms with E-state index in [9.17, 15) is 4.79 Å². The van der Waals surface area contributed by atoms with Crippen molar-refractivity contribution in [2.45, 2.75) is 45.1 Å². The van der Waals surface area contributed by atoms with Gasteiger partial charge in [-0.1, -0.05) is 19.8 Å². The number of rotatable bonds is 7. The van der Waals surface area contributed by atoms with Crippen LogP contribution in [0.5, 0.6) is 0 Å². The van der Waals surface area contributed by atoms with Gasteiger partial charge >= 0.3 is 0 Å². The Kier molecular flexibility index (Phi) is 5.55. The van der Waals surface area contributed by atoms with Crippen molar-refractivity contribution in [1.29, 1.82) is 0 Å². The molecule has 7 heteroatoms. The molecule has 0 spiro atoms. The number of aromatic amines is 1. The van der Waals surface area contributed by atoms with Crippen molar-refractivity contribution in [3.8, 4) is 0 Å². The molecular weight excluding hydrogens is 318 g/mol. The number of unbranched alkanes of at least 4 members (excludes halogenated alkanes) is 1. The minimum Gasteiger partial charge on any atom is -0.399 e. The van der Waals surface area contributed by atoms with Crippen LogP contribution in [-0.2, 0) is 4.79 Å². The molecule has 1 aliphatic rings. The molecule has 136 valence electrons. The van der Waals surface area contributed by atoms with Crippen molar-refractivity contribution in [2.75, 3.05) is 18.8 Å². The molecule has 0 saturated carbocycles. The zero-order valence-corrected chi connectivity index (χ0v) is 14.7. The van der Waals surface area contributed by atoms with E-state index in [0.717, 1.165) is 55.5 Å². The van der Waals surface area contributed by atoms with Gasteiger partial charge in [-0.3, -0.25) is 4.79 Å². The smallest absolute Gasteiger partial charge is 0.227 e. The molecule has 0 unspecified atom stereocenters. The fraction of sp³-hybridized carbons (Fsp3) is 0.556. The van der Waals surface area contributed by atoms with Gasteiger partial charge in [0.2, 0.25) is 5.91 Å².